The van der Waals surface area contributed by atoms with Gasteiger partial charge in [-0.25, -0.2) is 4.98 Å². The third kappa shape index (κ3) is 4.72. The molecule has 1 aliphatic heterocycles. The molecule has 1 aliphatic rings. The number of pyridine rings is 1. The number of rotatable bonds is 8. The highest BCUT2D eigenvalue weighted by Gasteiger charge is 2.44. The molecule has 0 aliphatic carbocycles. The van der Waals surface area contributed by atoms with Gasteiger partial charge in [0.1, 0.15) is 5.75 Å². The van der Waals surface area contributed by atoms with Gasteiger partial charge in [-0.15, -0.1) is 11.3 Å². The maximum absolute atomic E-state index is 13.7. The number of amides is 1. The van der Waals surface area contributed by atoms with E-state index < -0.39 is 17.7 Å². The summed E-state index contributed by atoms with van der Waals surface area (Å²) in [5, 5.41) is 11.7. The van der Waals surface area contributed by atoms with Gasteiger partial charge in [-0.3, -0.25) is 14.6 Å². The smallest absolute Gasteiger partial charge is 0.290 e. The highest BCUT2D eigenvalue weighted by atomic mass is 32.1. The molecule has 1 N–H and O–H groups in total. The van der Waals surface area contributed by atoms with Crippen LogP contribution in [-0.4, -0.2) is 38.3 Å². The summed E-state index contributed by atoms with van der Waals surface area (Å²) in [5.74, 6) is -0.505. The highest BCUT2D eigenvalue weighted by molar-refractivity contribution is 7.14. The van der Waals surface area contributed by atoms with Gasteiger partial charge in [0.25, 0.3) is 5.91 Å². The van der Waals surface area contributed by atoms with E-state index in [1.54, 1.807) is 31.5 Å². The van der Waals surface area contributed by atoms with E-state index in [0.717, 1.165) is 10.6 Å². The Morgan fingerprint density at radius 3 is 2.59 bits per heavy atom. The number of nitrogens with zero attached hydrogens (tertiary/aromatic N) is 3. The number of aromatic nitrogens is 2. The lowest BCUT2D eigenvalue weighted by Crippen LogP contribution is -2.30. The predicted molar refractivity (Wildman–Crippen MR) is 130 cm³/mol. The third-order valence-electron chi connectivity index (χ3n) is 5.52. The minimum Gasteiger partial charge on any atom is -0.503 e. The molecule has 1 aromatic carbocycles. The second-order valence-corrected chi connectivity index (χ2v) is 9.91. The summed E-state index contributed by atoms with van der Waals surface area (Å²) in [6.07, 6.45) is 3.29. The van der Waals surface area contributed by atoms with Crippen molar-refractivity contribution in [3.8, 4) is 5.75 Å². The summed E-state index contributed by atoms with van der Waals surface area (Å²) in [6, 6.07) is 10.2. The van der Waals surface area contributed by atoms with Crippen molar-refractivity contribution in [3.63, 3.8) is 0 Å². The van der Waals surface area contributed by atoms with Gasteiger partial charge in [-0.2, -0.15) is 0 Å². The maximum Gasteiger partial charge on any atom is 0.290 e. The van der Waals surface area contributed by atoms with Crippen LogP contribution in [0.2, 0.25) is 0 Å². The first-order valence-corrected chi connectivity index (χ1v) is 11.9. The van der Waals surface area contributed by atoms with Crippen molar-refractivity contribution in [2.75, 3.05) is 6.61 Å². The zero-order valence-electron chi connectivity index (χ0n) is 19.6. The molecule has 2 aromatic heterocycles. The van der Waals surface area contributed by atoms with Crippen LogP contribution in [-0.2, 0) is 11.3 Å². The van der Waals surface area contributed by atoms with Crippen molar-refractivity contribution in [2.45, 2.75) is 40.3 Å². The van der Waals surface area contributed by atoms with E-state index >= 15 is 0 Å². The number of carbonyl (C=O) groups excluding carboxylic acids is 2. The van der Waals surface area contributed by atoms with Crippen LogP contribution >= 0.6 is 11.3 Å². The standard InChI is InChI=1S/C26H27N3O4S/c1-15(2)14-33-20-7-5-6-19(12-20)22-21(23(30)25-16(3)28-17(4)34-25)24(31)26(32)29(22)13-18-8-10-27-11-9-18/h5-12,15,22,31H,13-14H2,1-4H3. The van der Waals surface area contributed by atoms with Gasteiger partial charge >= 0.3 is 0 Å². The van der Waals surface area contributed by atoms with E-state index in [1.807, 2.05) is 31.2 Å². The van der Waals surface area contributed by atoms with Crippen LogP contribution < -0.4 is 4.74 Å². The van der Waals surface area contributed by atoms with Crippen LogP contribution in [0.25, 0.3) is 0 Å². The number of hydrogen-bond acceptors (Lipinski definition) is 7. The molecule has 1 atom stereocenters. The molecule has 34 heavy (non-hydrogen) atoms. The molecule has 1 amide bonds. The number of ketones is 1. The first-order valence-electron chi connectivity index (χ1n) is 11.1. The van der Waals surface area contributed by atoms with Gasteiger partial charge < -0.3 is 14.7 Å². The first-order chi connectivity index (χ1) is 16.3. The quantitative estimate of drug-likeness (QED) is 0.461. The lowest BCUT2D eigenvalue weighted by molar-refractivity contribution is -0.130. The Bertz CT molecular complexity index is 1250. The fourth-order valence-electron chi connectivity index (χ4n) is 3.98. The average molecular weight is 478 g/mol. The molecule has 7 nitrogen and oxygen atoms in total. The number of Topliss-reactive ketones (excluding diaryl/α,β-unsaturated/α-hetero) is 1. The Labute approximate surface area is 202 Å². The van der Waals surface area contributed by atoms with Gasteiger partial charge in [0.05, 0.1) is 33.8 Å². The summed E-state index contributed by atoms with van der Waals surface area (Å²) in [5.41, 5.74) is 2.18. The zero-order chi connectivity index (χ0) is 24.4. The van der Waals surface area contributed by atoms with Crippen molar-refractivity contribution < 1.29 is 19.4 Å². The molecule has 3 heterocycles. The van der Waals surface area contributed by atoms with Crippen LogP contribution in [0.15, 0.2) is 60.1 Å². The van der Waals surface area contributed by atoms with Gasteiger partial charge in [-0.05, 0) is 55.2 Å². The normalized spacial score (nSPS) is 16.0. The number of benzene rings is 1. The second-order valence-electron chi connectivity index (χ2n) is 8.71. The fraction of sp³-hybridized carbons (Fsp3) is 0.308. The Morgan fingerprint density at radius 1 is 1.21 bits per heavy atom. The molecule has 4 rings (SSSR count). The van der Waals surface area contributed by atoms with Crippen LogP contribution in [0.3, 0.4) is 0 Å². The Balaban J connectivity index is 1.79. The summed E-state index contributed by atoms with van der Waals surface area (Å²) in [7, 11) is 0. The number of aryl methyl sites for hydroxylation is 2. The lowest BCUT2D eigenvalue weighted by Gasteiger charge is -2.27. The molecule has 0 saturated heterocycles. The van der Waals surface area contributed by atoms with Crippen LogP contribution in [0.4, 0.5) is 0 Å². The molecule has 0 bridgehead atoms. The zero-order valence-corrected chi connectivity index (χ0v) is 20.4. The van der Waals surface area contributed by atoms with Crippen molar-refractivity contribution in [3.05, 3.63) is 86.8 Å². The van der Waals surface area contributed by atoms with Gasteiger partial charge in [0, 0.05) is 18.9 Å². The van der Waals surface area contributed by atoms with Gasteiger partial charge in [0.2, 0.25) is 5.78 Å². The fourth-order valence-corrected chi connectivity index (χ4v) is 4.86. The predicted octanol–water partition coefficient (Wildman–Crippen LogP) is 4.97. The van der Waals surface area contributed by atoms with E-state index in [2.05, 4.69) is 23.8 Å². The van der Waals surface area contributed by atoms with Gasteiger partial charge in [-0.1, -0.05) is 26.0 Å². The molecule has 176 valence electrons. The minimum absolute atomic E-state index is 0.0619. The number of thiazole rings is 1. The van der Waals surface area contributed by atoms with Crippen molar-refractivity contribution in [2.24, 2.45) is 5.92 Å². The first kappa shape index (κ1) is 23.6. The Morgan fingerprint density at radius 2 is 1.94 bits per heavy atom. The summed E-state index contributed by atoms with van der Waals surface area (Å²) < 4.78 is 5.89. The van der Waals surface area contributed by atoms with Crippen molar-refractivity contribution >= 4 is 23.0 Å². The maximum atomic E-state index is 13.7. The second kappa shape index (κ2) is 9.77. The van der Waals surface area contributed by atoms with Crippen molar-refractivity contribution in [1.82, 2.24) is 14.9 Å². The lowest BCUT2D eigenvalue weighted by atomic mass is 9.94. The molecule has 0 spiro atoms. The van der Waals surface area contributed by atoms with E-state index in [9.17, 15) is 14.7 Å². The minimum atomic E-state index is -0.766. The molecular formula is C26H27N3O4S. The molecule has 1 unspecified atom stereocenters. The Kier molecular flexibility index (Phi) is 6.79. The van der Waals surface area contributed by atoms with E-state index in [-0.39, 0.29) is 17.9 Å². The largest absolute Gasteiger partial charge is 0.503 e. The molecule has 3 aromatic rings. The molecule has 0 fully saturated rings. The molecule has 8 heteroatoms. The van der Waals surface area contributed by atoms with Crippen LogP contribution in [0, 0.1) is 19.8 Å². The topological polar surface area (TPSA) is 92.6 Å². The highest BCUT2D eigenvalue weighted by Crippen LogP contribution is 2.41. The summed E-state index contributed by atoms with van der Waals surface area (Å²) >= 11 is 1.26. The number of aliphatic hydroxyl groups excluding tert-OH is 1. The van der Waals surface area contributed by atoms with Crippen LogP contribution in [0.1, 0.15) is 51.4 Å². The number of hydrogen-bond donors (Lipinski definition) is 1. The molecule has 0 saturated carbocycles. The summed E-state index contributed by atoms with van der Waals surface area (Å²) in [4.78, 5) is 37.2. The third-order valence-corrected chi connectivity index (χ3v) is 6.59. The average Bonchev–Trinajstić information content (AvgIpc) is 3.28. The van der Waals surface area contributed by atoms with E-state index in [1.165, 1.54) is 16.2 Å². The van der Waals surface area contributed by atoms with Gasteiger partial charge in [0.15, 0.2) is 5.76 Å². The Hall–Kier alpha value is -3.52. The molecular weight excluding hydrogens is 450 g/mol. The van der Waals surface area contributed by atoms with E-state index in [0.29, 0.717) is 34.4 Å². The number of ether oxygens (including phenoxy) is 1. The monoisotopic (exact) mass is 477 g/mol. The number of aliphatic hydroxyl groups is 1. The SMILES string of the molecule is Cc1nc(C)c(C(=O)C2=C(O)C(=O)N(Cc3ccncc3)C2c2cccc(OCC(C)C)c2)s1. The van der Waals surface area contributed by atoms with E-state index in [4.69, 9.17) is 4.74 Å². The molecule has 0 radical (unpaired) electrons. The number of carbonyl (C=O) groups is 2. The van der Waals surface area contributed by atoms with Crippen LogP contribution in [0.5, 0.6) is 5.75 Å². The summed E-state index contributed by atoms with van der Waals surface area (Å²) in [6.45, 7) is 8.46. The van der Waals surface area contributed by atoms with Crippen molar-refractivity contribution in [1.29, 1.82) is 0 Å².